The summed E-state index contributed by atoms with van der Waals surface area (Å²) in [4.78, 5) is 0. The Morgan fingerprint density at radius 2 is 0.852 bits per heavy atom. The molecule has 0 bridgehead atoms. The zero-order chi connectivity index (χ0) is 18.3. The minimum absolute atomic E-state index is 0. The molecule has 5 rings (SSSR count). The molecule has 5 aromatic rings. The van der Waals surface area contributed by atoms with E-state index in [4.69, 9.17) is 8.83 Å². The zero-order valence-electron chi connectivity index (χ0n) is 16.6. The van der Waals surface area contributed by atoms with E-state index in [1.165, 1.54) is 43.8 Å². The van der Waals surface area contributed by atoms with Gasteiger partial charge in [-0.2, -0.15) is 0 Å². The zero-order valence-corrected chi connectivity index (χ0v) is 18.0. The van der Waals surface area contributed by atoms with Crippen molar-refractivity contribution in [1.29, 1.82) is 0 Å². The summed E-state index contributed by atoms with van der Waals surface area (Å²) < 4.78 is 12.7. The van der Waals surface area contributed by atoms with Crippen molar-refractivity contribution in [3.63, 3.8) is 0 Å². The molecule has 0 aliphatic carbocycles. The van der Waals surface area contributed by atoms with Crippen molar-refractivity contribution in [2.75, 3.05) is 0 Å². The fourth-order valence-corrected chi connectivity index (χ4v) is 4.21. The average molecular weight is 393 g/mol. The van der Waals surface area contributed by atoms with Gasteiger partial charge >= 0.3 is 0 Å². The molecule has 27 heavy (non-hydrogen) atoms. The molecule has 0 saturated carbocycles. The Balaban J connectivity index is 0.00000180. The molecule has 0 fully saturated rings. The Morgan fingerprint density at radius 1 is 0.519 bits per heavy atom. The molecular formula is C24H22O2V. The summed E-state index contributed by atoms with van der Waals surface area (Å²) in [6.45, 7) is 12.9. The summed E-state index contributed by atoms with van der Waals surface area (Å²) in [6, 6.07) is 8.78. The van der Waals surface area contributed by atoms with Gasteiger partial charge in [0.2, 0.25) is 0 Å². The van der Waals surface area contributed by atoms with Gasteiger partial charge in [-0.3, -0.25) is 0 Å². The average Bonchev–Trinajstić information content (AvgIpc) is 3.13. The topological polar surface area (TPSA) is 26.3 Å². The van der Waals surface area contributed by atoms with Crippen LogP contribution in [0.5, 0.6) is 0 Å². The summed E-state index contributed by atoms with van der Waals surface area (Å²) in [6.07, 6.45) is 0. The van der Waals surface area contributed by atoms with Crippen LogP contribution < -0.4 is 0 Å². The third-order valence-corrected chi connectivity index (χ3v) is 6.04. The van der Waals surface area contributed by atoms with Crippen LogP contribution in [-0.4, -0.2) is 0 Å². The molecular weight excluding hydrogens is 371 g/mol. The van der Waals surface area contributed by atoms with Crippen LogP contribution >= 0.6 is 0 Å². The summed E-state index contributed by atoms with van der Waals surface area (Å²) in [5.74, 6) is 0. The molecule has 1 radical (unpaired) electrons. The maximum absolute atomic E-state index is 6.34. The summed E-state index contributed by atoms with van der Waals surface area (Å²) >= 11 is 0. The molecule has 3 aromatic carbocycles. The van der Waals surface area contributed by atoms with E-state index in [0.29, 0.717) is 0 Å². The predicted octanol–water partition coefficient (Wildman–Crippen LogP) is 7.33. The summed E-state index contributed by atoms with van der Waals surface area (Å²) in [5.41, 5.74) is 11.3. The second kappa shape index (κ2) is 5.92. The third-order valence-electron chi connectivity index (χ3n) is 6.04. The number of hydrogen-bond donors (Lipinski definition) is 0. The van der Waals surface area contributed by atoms with Crippen molar-refractivity contribution >= 4 is 43.9 Å². The first-order chi connectivity index (χ1) is 12.4. The Hall–Kier alpha value is -2.16. The molecule has 0 saturated heterocycles. The fourth-order valence-electron chi connectivity index (χ4n) is 4.21. The normalized spacial score (nSPS) is 11.8. The van der Waals surface area contributed by atoms with Crippen LogP contribution in [0.3, 0.4) is 0 Å². The van der Waals surface area contributed by atoms with Crippen molar-refractivity contribution in [2.24, 2.45) is 0 Å². The van der Waals surface area contributed by atoms with Crippen molar-refractivity contribution < 1.29 is 27.4 Å². The van der Waals surface area contributed by atoms with E-state index in [-0.39, 0.29) is 18.6 Å². The predicted molar refractivity (Wildman–Crippen MR) is 109 cm³/mol. The first-order valence-electron chi connectivity index (χ1n) is 9.13. The maximum Gasteiger partial charge on any atom is 0.139 e. The van der Waals surface area contributed by atoms with Crippen LogP contribution in [0.1, 0.15) is 33.4 Å². The van der Waals surface area contributed by atoms with Gasteiger partial charge < -0.3 is 8.83 Å². The Kier molecular flexibility index (Phi) is 4.00. The fraction of sp³-hybridized carbons (Fsp3) is 0.250. The molecule has 2 nitrogen and oxygen atoms in total. The van der Waals surface area contributed by atoms with E-state index in [1.54, 1.807) is 0 Å². The SMILES string of the molecule is Cc1cc2oc3c(C)c4c(oc5cc(C)c(C)cc54)c(C)c3c2cc1C.[V]. The van der Waals surface area contributed by atoms with Crippen molar-refractivity contribution in [1.82, 2.24) is 0 Å². The van der Waals surface area contributed by atoms with Gasteiger partial charge in [-0.05, 0) is 88.1 Å². The van der Waals surface area contributed by atoms with Gasteiger partial charge in [-0.1, -0.05) is 0 Å². The number of aryl methyl sites for hydroxylation is 6. The van der Waals surface area contributed by atoms with E-state index in [2.05, 4.69) is 65.8 Å². The van der Waals surface area contributed by atoms with Gasteiger partial charge in [0, 0.05) is 51.2 Å². The Morgan fingerprint density at radius 3 is 1.22 bits per heavy atom. The van der Waals surface area contributed by atoms with Crippen molar-refractivity contribution in [3.05, 3.63) is 57.6 Å². The van der Waals surface area contributed by atoms with Gasteiger partial charge in [-0.15, -0.1) is 0 Å². The van der Waals surface area contributed by atoms with Gasteiger partial charge in [0.15, 0.2) is 0 Å². The standard InChI is InChI=1S/C24H22O2.V/c1-11-7-17-19(9-13(11)3)25-23-16(6)22-18-8-12(2)14(4)10-20(18)26-24(22)15(5)21(17)23;/h7-10H,1-6H3;. The van der Waals surface area contributed by atoms with E-state index < -0.39 is 0 Å². The molecule has 0 unspecified atom stereocenters. The van der Waals surface area contributed by atoms with E-state index in [0.717, 1.165) is 33.5 Å². The third kappa shape index (κ3) is 2.33. The minimum Gasteiger partial charge on any atom is -0.456 e. The Labute approximate surface area is 170 Å². The summed E-state index contributed by atoms with van der Waals surface area (Å²) in [5, 5.41) is 4.72. The molecule has 2 aromatic heterocycles. The van der Waals surface area contributed by atoms with Gasteiger partial charge in [0.1, 0.15) is 22.3 Å². The van der Waals surface area contributed by atoms with Crippen LogP contribution in [0.4, 0.5) is 0 Å². The molecule has 3 heteroatoms. The Bertz CT molecular complexity index is 1270. The maximum atomic E-state index is 6.34. The van der Waals surface area contributed by atoms with Crippen LogP contribution in [0.15, 0.2) is 33.1 Å². The quantitative estimate of drug-likeness (QED) is 0.275. The van der Waals surface area contributed by atoms with Crippen LogP contribution in [0.25, 0.3) is 43.9 Å². The minimum atomic E-state index is 0. The van der Waals surface area contributed by atoms with Crippen LogP contribution in [-0.2, 0) is 18.6 Å². The number of hydrogen-bond acceptors (Lipinski definition) is 2. The number of benzene rings is 3. The van der Waals surface area contributed by atoms with Gasteiger partial charge in [0.05, 0.1) is 0 Å². The number of rotatable bonds is 0. The number of furan rings is 2. The van der Waals surface area contributed by atoms with Crippen molar-refractivity contribution in [2.45, 2.75) is 41.5 Å². The van der Waals surface area contributed by atoms with Gasteiger partial charge in [-0.25, -0.2) is 0 Å². The van der Waals surface area contributed by atoms with Crippen molar-refractivity contribution in [3.8, 4) is 0 Å². The molecule has 0 aliphatic heterocycles. The first kappa shape index (κ1) is 18.2. The molecule has 0 atom stereocenters. The van der Waals surface area contributed by atoms with E-state index >= 15 is 0 Å². The first-order valence-corrected chi connectivity index (χ1v) is 9.13. The second-order valence-electron chi connectivity index (χ2n) is 7.73. The van der Waals surface area contributed by atoms with Gasteiger partial charge in [0.25, 0.3) is 0 Å². The molecule has 2 heterocycles. The second-order valence-corrected chi connectivity index (χ2v) is 7.73. The van der Waals surface area contributed by atoms with E-state index in [9.17, 15) is 0 Å². The van der Waals surface area contributed by atoms with Crippen LogP contribution in [0.2, 0.25) is 0 Å². The van der Waals surface area contributed by atoms with E-state index in [1.807, 2.05) is 0 Å². The number of fused-ring (bicyclic) bond motifs is 6. The largest absolute Gasteiger partial charge is 0.456 e. The monoisotopic (exact) mass is 393 g/mol. The molecule has 135 valence electrons. The molecule has 0 N–H and O–H groups in total. The van der Waals surface area contributed by atoms with Crippen LogP contribution in [0, 0.1) is 41.5 Å². The summed E-state index contributed by atoms with van der Waals surface area (Å²) in [7, 11) is 0. The molecule has 0 spiro atoms. The molecule has 0 aliphatic rings. The molecule has 0 amide bonds. The smallest absolute Gasteiger partial charge is 0.139 e.